The summed E-state index contributed by atoms with van der Waals surface area (Å²) in [7, 11) is 0. The zero-order valence-corrected chi connectivity index (χ0v) is 15.3. The number of hydrogen-bond donors (Lipinski definition) is 2. The summed E-state index contributed by atoms with van der Waals surface area (Å²) in [4.78, 5) is 19.4. The highest BCUT2D eigenvalue weighted by Crippen LogP contribution is 2.17. The summed E-state index contributed by atoms with van der Waals surface area (Å²) in [5.74, 6) is 0.755. The predicted molar refractivity (Wildman–Crippen MR) is 105 cm³/mol. The van der Waals surface area contributed by atoms with Gasteiger partial charge in [0.1, 0.15) is 0 Å². The van der Waals surface area contributed by atoms with Gasteiger partial charge >= 0.3 is 0 Å². The quantitative estimate of drug-likeness (QED) is 0.352. The largest absolute Gasteiger partial charge is 0.354 e. The molecule has 0 aliphatic heterocycles. The zero-order chi connectivity index (χ0) is 18.9. The molecule has 2 N–H and O–H groups in total. The van der Waals surface area contributed by atoms with Crippen LogP contribution < -0.4 is 10.6 Å². The summed E-state index contributed by atoms with van der Waals surface area (Å²) in [6, 6.07) is 12.8. The van der Waals surface area contributed by atoms with Crippen LogP contribution in [0.25, 0.3) is 0 Å². The van der Waals surface area contributed by atoms with Crippen LogP contribution in [0.3, 0.4) is 0 Å². The van der Waals surface area contributed by atoms with Crippen molar-refractivity contribution in [3.8, 4) is 0 Å². The molecule has 1 saturated carbocycles. The van der Waals surface area contributed by atoms with Crippen molar-refractivity contribution in [3.63, 3.8) is 0 Å². The Kier molecular flexibility index (Phi) is 6.73. The van der Waals surface area contributed by atoms with Crippen molar-refractivity contribution in [3.05, 3.63) is 70.0 Å². The lowest BCUT2D eigenvalue weighted by molar-refractivity contribution is -0.384. The van der Waals surface area contributed by atoms with E-state index >= 15 is 0 Å². The number of nitro groups is 1. The first-order valence-electron chi connectivity index (χ1n) is 9.39. The second-order valence-electron chi connectivity index (χ2n) is 6.74. The minimum absolute atomic E-state index is 0.0940. The van der Waals surface area contributed by atoms with Gasteiger partial charge in [-0.25, -0.2) is 4.99 Å². The van der Waals surface area contributed by atoms with E-state index in [4.69, 9.17) is 0 Å². The average Bonchev–Trinajstić information content (AvgIpc) is 2.72. The van der Waals surface area contributed by atoms with Crippen LogP contribution in [0.4, 0.5) is 5.69 Å². The van der Waals surface area contributed by atoms with E-state index in [1.54, 1.807) is 18.3 Å². The number of hydrogen-bond acceptors (Lipinski definition) is 4. The van der Waals surface area contributed by atoms with Crippen LogP contribution in [0.1, 0.15) is 43.4 Å². The van der Waals surface area contributed by atoms with E-state index in [1.165, 1.54) is 31.4 Å². The fourth-order valence-corrected chi connectivity index (χ4v) is 3.16. The van der Waals surface area contributed by atoms with Crippen molar-refractivity contribution >= 4 is 11.6 Å². The summed E-state index contributed by atoms with van der Waals surface area (Å²) in [6.07, 6.45) is 7.87. The number of guanidine groups is 1. The smallest absolute Gasteiger partial charge is 0.269 e. The molecule has 0 unspecified atom stereocenters. The standard InChI is InChI=1S/C20H25N5O2/c26-25(27)19-11-9-16(10-12-19)14-22-20(24-17-6-2-1-3-7-17)23-15-18-8-4-5-13-21-18/h4-5,8-13,17H,1-3,6-7,14-15H2,(H2,22,23,24). The van der Waals surface area contributed by atoms with Gasteiger partial charge in [0.15, 0.2) is 5.96 Å². The number of nitrogens with zero attached hydrogens (tertiary/aromatic N) is 3. The Morgan fingerprint density at radius 2 is 1.93 bits per heavy atom. The van der Waals surface area contributed by atoms with E-state index in [1.807, 2.05) is 18.2 Å². The van der Waals surface area contributed by atoms with Crippen molar-refractivity contribution in [2.75, 3.05) is 0 Å². The second kappa shape index (κ2) is 9.66. The maximum atomic E-state index is 10.8. The Labute approximate surface area is 159 Å². The molecule has 142 valence electrons. The molecule has 0 atom stereocenters. The number of rotatable bonds is 6. The minimum Gasteiger partial charge on any atom is -0.354 e. The molecule has 0 bridgehead atoms. The maximum Gasteiger partial charge on any atom is 0.269 e. The van der Waals surface area contributed by atoms with Crippen LogP contribution >= 0.6 is 0 Å². The highest BCUT2D eigenvalue weighted by Gasteiger charge is 2.14. The van der Waals surface area contributed by atoms with Gasteiger partial charge in [0, 0.05) is 24.4 Å². The van der Waals surface area contributed by atoms with Crippen LogP contribution in [-0.2, 0) is 13.1 Å². The lowest BCUT2D eigenvalue weighted by atomic mass is 9.96. The number of pyridine rings is 1. The molecule has 0 saturated heterocycles. The van der Waals surface area contributed by atoms with Gasteiger partial charge in [0.25, 0.3) is 5.69 Å². The monoisotopic (exact) mass is 367 g/mol. The third-order valence-corrected chi connectivity index (χ3v) is 4.68. The van der Waals surface area contributed by atoms with Crippen molar-refractivity contribution in [1.82, 2.24) is 15.6 Å². The van der Waals surface area contributed by atoms with Crippen molar-refractivity contribution in [2.24, 2.45) is 4.99 Å². The number of nitro benzene ring substituents is 1. The fourth-order valence-electron chi connectivity index (χ4n) is 3.16. The molecule has 1 heterocycles. The molecule has 27 heavy (non-hydrogen) atoms. The SMILES string of the molecule is O=[N+]([O-])c1ccc(CN=C(NCc2ccccn2)NC2CCCCC2)cc1. The summed E-state index contributed by atoms with van der Waals surface area (Å²) in [5.41, 5.74) is 1.98. The van der Waals surface area contributed by atoms with Crippen LogP contribution in [0, 0.1) is 10.1 Å². The van der Waals surface area contributed by atoms with Gasteiger partial charge in [-0.05, 0) is 30.5 Å². The number of aliphatic imine (C=N–C) groups is 1. The topological polar surface area (TPSA) is 92.5 Å². The normalized spacial score (nSPS) is 15.3. The van der Waals surface area contributed by atoms with E-state index in [0.29, 0.717) is 19.1 Å². The Bertz CT molecular complexity index is 756. The van der Waals surface area contributed by atoms with Gasteiger partial charge in [-0.2, -0.15) is 0 Å². The first-order valence-corrected chi connectivity index (χ1v) is 9.39. The minimum atomic E-state index is -0.391. The number of non-ortho nitro benzene ring substituents is 1. The molecule has 1 aromatic carbocycles. The fraction of sp³-hybridized carbons (Fsp3) is 0.400. The Hall–Kier alpha value is -2.96. The van der Waals surface area contributed by atoms with Gasteiger partial charge in [-0.15, -0.1) is 0 Å². The number of benzene rings is 1. The average molecular weight is 367 g/mol. The van der Waals surface area contributed by atoms with Gasteiger partial charge < -0.3 is 10.6 Å². The van der Waals surface area contributed by atoms with E-state index in [2.05, 4.69) is 20.6 Å². The lowest BCUT2D eigenvalue weighted by Crippen LogP contribution is -2.44. The van der Waals surface area contributed by atoms with E-state index in [0.717, 1.165) is 30.1 Å². The Balaban J connectivity index is 1.65. The molecule has 1 aromatic heterocycles. The summed E-state index contributed by atoms with van der Waals surface area (Å²) >= 11 is 0. The summed E-state index contributed by atoms with van der Waals surface area (Å²) in [5, 5.41) is 17.7. The molecule has 0 amide bonds. The third kappa shape index (κ3) is 6.06. The Morgan fingerprint density at radius 1 is 1.15 bits per heavy atom. The van der Waals surface area contributed by atoms with Crippen LogP contribution in [0.15, 0.2) is 53.7 Å². The zero-order valence-electron chi connectivity index (χ0n) is 15.3. The second-order valence-corrected chi connectivity index (χ2v) is 6.74. The van der Waals surface area contributed by atoms with Crippen molar-refractivity contribution in [1.29, 1.82) is 0 Å². The van der Waals surface area contributed by atoms with E-state index in [9.17, 15) is 10.1 Å². The molecular formula is C20H25N5O2. The van der Waals surface area contributed by atoms with E-state index < -0.39 is 4.92 Å². The maximum absolute atomic E-state index is 10.8. The predicted octanol–water partition coefficient (Wildman–Crippen LogP) is 3.56. The molecule has 1 fully saturated rings. The highest BCUT2D eigenvalue weighted by molar-refractivity contribution is 5.80. The molecular weight excluding hydrogens is 342 g/mol. The van der Waals surface area contributed by atoms with Gasteiger partial charge in [-0.3, -0.25) is 15.1 Å². The first kappa shape index (κ1) is 18.8. The highest BCUT2D eigenvalue weighted by atomic mass is 16.6. The molecule has 0 radical (unpaired) electrons. The number of nitrogens with one attached hydrogen (secondary N) is 2. The lowest BCUT2D eigenvalue weighted by Gasteiger charge is -2.25. The van der Waals surface area contributed by atoms with E-state index in [-0.39, 0.29) is 5.69 Å². The van der Waals surface area contributed by atoms with Crippen LogP contribution in [0.5, 0.6) is 0 Å². The first-order chi connectivity index (χ1) is 13.2. The third-order valence-electron chi connectivity index (χ3n) is 4.68. The number of aromatic nitrogens is 1. The summed E-state index contributed by atoms with van der Waals surface area (Å²) < 4.78 is 0. The summed E-state index contributed by atoms with van der Waals surface area (Å²) in [6.45, 7) is 1.06. The van der Waals surface area contributed by atoms with Crippen molar-refractivity contribution < 1.29 is 4.92 Å². The van der Waals surface area contributed by atoms with Gasteiger partial charge in [0.2, 0.25) is 0 Å². The molecule has 1 aliphatic rings. The van der Waals surface area contributed by atoms with Gasteiger partial charge in [0.05, 0.1) is 23.7 Å². The molecule has 7 heteroatoms. The molecule has 2 aromatic rings. The molecule has 0 spiro atoms. The van der Waals surface area contributed by atoms with Crippen LogP contribution in [-0.4, -0.2) is 21.9 Å². The van der Waals surface area contributed by atoms with Gasteiger partial charge in [-0.1, -0.05) is 37.5 Å². The Morgan fingerprint density at radius 3 is 2.59 bits per heavy atom. The van der Waals surface area contributed by atoms with Crippen LogP contribution in [0.2, 0.25) is 0 Å². The molecule has 3 rings (SSSR count). The molecule has 7 nitrogen and oxygen atoms in total. The van der Waals surface area contributed by atoms with Crippen molar-refractivity contribution in [2.45, 2.75) is 51.2 Å². The molecule has 1 aliphatic carbocycles.